The molecular weight excluding hydrogens is 232 g/mol. The Morgan fingerprint density at radius 3 is 2.29 bits per heavy atom. The van der Waals surface area contributed by atoms with Gasteiger partial charge in [-0.25, -0.2) is 0 Å². The van der Waals surface area contributed by atoms with Gasteiger partial charge in [0.2, 0.25) is 0 Å². The molecule has 0 spiro atoms. The minimum Gasteiger partial charge on any atom is -0.291 e. The Balaban J connectivity index is 2.90. The first-order valence-corrected chi connectivity index (χ1v) is 5.79. The number of benzene rings is 1. The summed E-state index contributed by atoms with van der Waals surface area (Å²) in [7, 11) is 1.70. The van der Waals surface area contributed by atoms with Crippen LogP contribution in [0.25, 0.3) is 5.69 Å². The average molecular weight is 246 g/mol. The molecular formula is C13H14N2OS. The molecule has 88 valence electrons. The van der Waals surface area contributed by atoms with E-state index in [1.54, 1.807) is 7.05 Å². The molecule has 1 aromatic heterocycles. The number of aromatic nitrogens is 2. The second-order valence-corrected chi connectivity index (χ2v) is 4.39. The lowest BCUT2D eigenvalue weighted by molar-refractivity contribution is 0.732. The van der Waals surface area contributed by atoms with Gasteiger partial charge >= 0.3 is 0 Å². The molecule has 0 aliphatic rings. The van der Waals surface area contributed by atoms with Crippen molar-refractivity contribution in [3.05, 3.63) is 56.7 Å². The van der Waals surface area contributed by atoms with Crippen LogP contribution in [0.1, 0.15) is 11.3 Å². The topological polar surface area (TPSA) is 26.9 Å². The van der Waals surface area contributed by atoms with Crippen LogP contribution in [0.3, 0.4) is 0 Å². The first-order chi connectivity index (χ1) is 8.04. The van der Waals surface area contributed by atoms with E-state index in [4.69, 9.17) is 12.2 Å². The van der Waals surface area contributed by atoms with E-state index >= 15 is 0 Å². The Morgan fingerprint density at radius 1 is 1.12 bits per heavy atom. The second kappa shape index (κ2) is 4.30. The molecule has 4 heteroatoms. The molecule has 2 aromatic rings. The summed E-state index contributed by atoms with van der Waals surface area (Å²) in [6.07, 6.45) is 0. The lowest BCUT2D eigenvalue weighted by Gasteiger charge is -2.15. The lowest BCUT2D eigenvalue weighted by Crippen LogP contribution is -2.26. The van der Waals surface area contributed by atoms with Crippen LogP contribution in [0.5, 0.6) is 0 Å². The van der Waals surface area contributed by atoms with Gasteiger partial charge in [-0.3, -0.25) is 13.9 Å². The highest BCUT2D eigenvalue weighted by Gasteiger charge is 2.09. The summed E-state index contributed by atoms with van der Waals surface area (Å²) < 4.78 is 3.95. The number of hydrogen-bond acceptors (Lipinski definition) is 2. The molecule has 0 aliphatic heterocycles. The highest BCUT2D eigenvalue weighted by molar-refractivity contribution is 7.71. The van der Waals surface area contributed by atoms with Gasteiger partial charge in [0, 0.05) is 24.0 Å². The van der Waals surface area contributed by atoms with Crippen LogP contribution in [0.2, 0.25) is 0 Å². The Hall–Kier alpha value is -1.68. The van der Waals surface area contributed by atoms with Crippen molar-refractivity contribution < 1.29 is 0 Å². The van der Waals surface area contributed by atoms with Gasteiger partial charge in [0.15, 0.2) is 4.77 Å². The molecule has 3 nitrogen and oxygen atoms in total. The largest absolute Gasteiger partial charge is 0.291 e. The van der Waals surface area contributed by atoms with Gasteiger partial charge in [0.05, 0.1) is 0 Å². The van der Waals surface area contributed by atoms with Gasteiger partial charge in [0.1, 0.15) is 0 Å². The second-order valence-electron chi connectivity index (χ2n) is 4.03. The van der Waals surface area contributed by atoms with Crippen LogP contribution in [0.4, 0.5) is 0 Å². The number of nitrogens with zero attached hydrogens (tertiary/aromatic N) is 2. The van der Waals surface area contributed by atoms with Crippen LogP contribution in [0, 0.1) is 18.6 Å². The minimum absolute atomic E-state index is 0.0281. The van der Waals surface area contributed by atoms with E-state index in [9.17, 15) is 4.79 Å². The molecule has 0 saturated carbocycles. The van der Waals surface area contributed by atoms with Crippen molar-refractivity contribution in [1.82, 2.24) is 9.13 Å². The maximum Gasteiger partial charge on any atom is 0.257 e. The van der Waals surface area contributed by atoms with Crippen molar-refractivity contribution in [2.75, 3.05) is 0 Å². The third-order valence-electron chi connectivity index (χ3n) is 3.00. The fourth-order valence-electron chi connectivity index (χ4n) is 1.84. The van der Waals surface area contributed by atoms with Crippen molar-refractivity contribution in [3.8, 4) is 5.69 Å². The summed E-state index contributed by atoms with van der Waals surface area (Å²) in [5, 5.41) is 0. The van der Waals surface area contributed by atoms with E-state index in [-0.39, 0.29) is 5.56 Å². The lowest BCUT2D eigenvalue weighted by atomic mass is 10.2. The predicted molar refractivity (Wildman–Crippen MR) is 71.3 cm³/mol. The van der Waals surface area contributed by atoms with Crippen molar-refractivity contribution in [2.24, 2.45) is 7.05 Å². The smallest absolute Gasteiger partial charge is 0.257 e. The van der Waals surface area contributed by atoms with Gasteiger partial charge in [0.25, 0.3) is 5.56 Å². The van der Waals surface area contributed by atoms with E-state index in [1.165, 1.54) is 4.57 Å². The third-order valence-corrected chi connectivity index (χ3v) is 3.45. The average Bonchev–Trinajstić information content (AvgIpc) is 2.36. The van der Waals surface area contributed by atoms with Crippen LogP contribution >= 0.6 is 12.2 Å². The number of para-hydroxylation sites is 1. The van der Waals surface area contributed by atoms with E-state index in [1.807, 2.05) is 48.7 Å². The SMILES string of the molecule is Cc1c(C)n(-c2ccccc2)c(=S)n(C)c1=O. The summed E-state index contributed by atoms with van der Waals surface area (Å²) >= 11 is 5.34. The molecule has 1 aromatic carbocycles. The van der Waals surface area contributed by atoms with E-state index in [0.717, 1.165) is 16.9 Å². The molecule has 2 rings (SSSR count). The summed E-state index contributed by atoms with van der Waals surface area (Å²) in [6.45, 7) is 3.74. The van der Waals surface area contributed by atoms with Crippen LogP contribution in [-0.4, -0.2) is 9.13 Å². The number of rotatable bonds is 1. The van der Waals surface area contributed by atoms with E-state index < -0.39 is 0 Å². The normalized spacial score (nSPS) is 10.5. The highest BCUT2D eigenvalue weighted by atomic mass is 32.1. The third kappa shape index (κ3) is 1.85. The van der Waals surface area contributed by atoms with Gasteiger partial charge in [-0.05, 0) is 38.2 Å². The molecule has 0 fully saturated rings. The maximum absolute atomic E-state index is 11.9. The monoisotopic (exact) mass is 246 g/mol. The molecule has 17 heavy (non-hydrogen) atoms. The Morgan fingerprint density at radius 2 is 1.71 bits per heavy atom. The Kier molecular flexibility index (Phi) is 2.98. The van der Waals surface area contributed by atoms with Crippen molar-refractivity contribution in [1.29, 1.82) is 0 Å². The van der Waals surface area contributed by atoms with Crippen molar-refractivity contribution >= 4 is 12.2 Å². The molecule has 0 saturated heterocycles. The van der Waals surface area contributed by atoms with E-state index in [0.29, 0.717) is 4.77 Å². The highest BCUT2D eigenvalue weighted by Crippen LogP contribution is 2.12. The zero-order valence-corrected chi connectivity index (χ0v) is 10.9. The predicted octanol–water partition coefficient (Wildman–Crippen LogP) is 2.52. The van der Waals surface area contributed by atoms with Crippen LogP contribution < -0.4 is 5.56 Å². The molecule has 0 aliphatic carbocycles. The van der Waals surface area contributed by atoms with Gasteiger partial charge in [-0.15, -0.1) is 0 Å². The standard InChI is InChI=1S/C13H14N2OS/c1-9-10(2)15(11-7-5-4-6-8-11)13(17)14(3)12(9)16/h4-8H,1-3H3. The first-order valence-electron chi connectivity index (χ1n) is 5.38. The van der Waals surface area contributed by atoms with Gasteiger partial charge in [-0.1, -0.05) is 18.2 Å². The Labute approximate surface area is 105 Å². The van der Waals surface area contributed by atoms with Crippen molar-refractivity contribution in [2.45, 2.75) is 13.8 Å². The molecule has 0 bridgehead atoms. The molecule has 0 amide bonds. The molecule has 0 radical (unpaired) electrons. The zero-order valence-electron chi connectivity index (χ0n) is 10.1. The molecule has 1 heterocycles. The molecule has 0 unspecified atom stereocenters. The van der Waals surface area contributed by atoms with Crippen LogP contribution in [0.15, 0.2) is 35.1 Å². The first kappa shape index (κ1) is 11.8. The fourth-order valence-corrected chi connectivity index (χ4v) is 2.16. The molecule has 0 atom stereocenters. The number of hydrogen-bond donors (Lipinski definition) is 0. The quantitative estimate of drug-likeness (QED) is 0.723. The summed E-state index contributed by atoms with van der Waals surface area (Å²) in [4.78, 5) is 11.9. The van der Waals surface area contributed by atoms with Crippen molar-refractivity contribution in [3.63, 3.8) is 0 Å². The van der Waals surface area contributed by atoms with E-state index in [2.05, 4.69) is 0 Å². The van der Waals surface area contributed by atoms with Gasteiger partial charge in [-0.2, -0.15) is 0 Å². The van der Waals surface area contributed by atoms with Crippen LogP contribution in [-0.2, 0) is 7.05 Å². The van der Waals surface area contributed by atoms with Gasteiger partial charge < -0.3 is 0 Å². The zero-order chi connectivity index (χ0) is 12.6. The summed E-state index contributed by atoms with van der Waals surface area (Å²) in [5.74, 6) is 0. The fraction of sp³-hybridized carbons (Fsp3) is 0.231. The Bertz CT molecular complexity index is 668. The molecule has 0 N–H and O–H groups in total. The summed E-state index contributed by atoms with van der Waals surface area (Å²) in [6, 6.07) is 9.82. The summed E-state index contributed by atoms with van der Waals surface area (Å²) in [5.41, 5.74) is 2.57. The maximum atomic E-state index is 11.9. The minimum atomic E-state index is -0.0281.